The first-order valence-corrected chi connectivity index (χ1v) is 8.33. The van der Waals surface area contributed by atoms with Crippen LogP contribution in [0.1, 0.15) is 20.3 Å². The lowest BCUT2D eigenvalue weighted by atomic mass is 10.2. The quantitative estimate of drug-likeness (QED) is 0.566. The summed E-state index contributed by atoms with van der Waals surface area (Å²) in [6, 6.07) is 7.54. The molecule has 1 atom stereocenters. The maximum absolute atomic E-state index is 12.7. The van der Waals surface area contributed by atoms with Crippen LogP contribution < -0.4 is 10.7 Å². The van der Waals surface area contributed by atoms with Gasteiger partial charge in [-0.3, -0.25) is 9.36 Å². The highest BCUT2D eigenvalue weighted by atomic mass is 32.2. The van der Waals surface area contributed by atoms with Crippen LogP contribution in [0.3, 0.4) is 0 Å². The summed E-state index contributed by atoms with van der Waals surface area (Å²) in [5.41, 5.74) is 1.66. The number of nitrogens with one attached hydrogen (secondary N) is 1. The van der Waals surface area contributed by atoms with E-state index < -0.39 is 11.2 Å². The van der Waals surface area contributed by atoms with Gasteiger partial charge >= 0.3 is 0 Å². The topological polar surface area (TPSA) is 90.8 Å². The molecule has 0 bridgehead atoms. The number of aromatic amines is 1. The number of carboxylic acids is 1. The van der Waals surface area contributed by atoms with E-state index in [2.05, 4.69) is 9.97 Å². The molecular weight excluding hydrogens is 314 g/mol. The van der Waals surface area contributed by atoms with E-state index in [4.69, 9.17) is 0 Å². The van der Waals surface area contributed by atoms with Crippen LogP contribution in [0, 0.1) is 0 Å². The molecule has 3 rings (SSSR count). The fourth-order valence-corrected chi connectivity index (χ4v) is 3.57. The molecule has 2 aromatic heterocycles. The maximum atomic E-state index is 12.7. The van der Waals surface area contributed by atoms with Crippen molar-refractivity contribution < 1.29 is 9.90 Å². The zero-order chi connectivity index (χ0) is 16.6. The van der Waals surface area contributed by atoms with Crippen molar-refractivity contribution in [3.63, 3.8) is 0 Å². The summed E-state index contributed by atoms with van der Waals surface area (Å²) in [5.74, 6) is -1.14. The number of carboxylic acid groups (broad SMARTS) is 1. The minimum Gasteiger partial charge on any atom is -0.549 e. The summed E-state index contributed by atoms with van der Waals surface area (Å²) >= 11 is 1.06. The van der Waals surface area contributed by atoms with Crippen LogP contribution in [0.25, 0.3) is 21.9 Å². The second kappa shape index (κ2) is 6.08. The van der Waals surface area contributed by atoms with E-state index in [9.17, 15) is 14.7 Å². The van der Waals surface area contributed by atoms with Crippen molar-refractivity contribution in [2.24, 2.45) is 0 Å². The number of aromatic nitrogens is 3. The highest BCUT2D eigenvalue weighted by molar-refractivity contribution is 8.00. The first kappa shape index (κ1) is 15.6. The molecule has 0 aliphatic heterocycles. The third-order valence-corrected chi connectivity index (χ3v) is 5.11. The molecule has 1 aromatic carbocycles. The Kier molecular flexibility index (Phi) is 4.12. The van der Waals surface area contributed by atoms with Gasteiger partial charge in [-0.05, 0) is 19.4 Å². The fraction of sp³-hybridized carbons (Fsp3) is 0.312. The van der Waals surface area contributed by atoms with Gasteiger partial charge in [-0.1, -0.05) is 36.9 Å². The largest absolute Gasteiger partial charge is 0.549 e. The van der Waals surface area contributed by atoms with Crippen molar-refractivity contribution in [1.29, 1.82) is 0 Å². The maximum Gasteiger partial charge on any atom is 0.278 e. The second-order valence-electron chi connectivity index (χ2n) is 5.17. The van der Waals surface area contributed by atoms with Gasteiger partial charge in [0, 0.05) is 17.4 Å². The van der Waals surface area contributed by atoms with E-state index in [1.165, 1.54) is 4.57 Å². The Morgan fingerprint density at radius 3 is 2.78 bits per heavy atom. The molecule has 6 nitrogen and oxygen atoms in total. The van der Waals surface area contributed by atoms with Gasteiger partial charge in [-0.2, -0.15) is 0 Å². The van der Waals surface area contributed by atoms with Crippen LogP contribution in [0.2, 0.25) is 0 Å². The van der Waals surface area contributed by atoms with E-state index in [-0.39, 0.29) is 5.56 Å². The molecule has 0 aliphatic carbocycles. The molecule has 23 heavy (non-hydrogen) atoms. The number of hydrogen-bond donors (Lipinski definition) is 1. The number of para-hydroxylation sites is 1. The van der Waals surface area contributed by atoms with Crippen molar-refractivity contribution in [1.82, 2.24) is 14.5 Å². The molecular formula is C16H16N3O3S-. The molecule has 1 N–H and O–H groups in total. The van der Waals surface area contributed by atoms with E-state index in [0.29, 0.717) is 29.2 Å². The predicted molar refractivity (Wildman–Crippen MR) is 88.5 cm³/mol. The molecule has 0 aliphatic rings. The second-order valence-corrected chi connectivity index (χ2v) is 6.34. The lowest BCUT2D eigenvalue weighted by molar-refractivity contribution is -0.304. The van der Waals surface area contributed by atoms with Gasteiger partial charge in [-0.15, -0.1) is 0 Å². The Labute approximate surface area is 136 Å². The molecule has 0 fully saturated rings. The smallest absolute Gasteiger partial charge is 0.278 e. The van der Waals surface area contributed by atoms with Gasteiger partial charge in [0.1, 0.15) is 11.0 Å². The Morgan fingerprint density at radius 1 is 1.39 bits per heavy atom. The zero-order valence-electron chi connectivity index (χ0n) is 12.8. The number of nitrogens with zero attached hydrogens (tertiary/aromatic N) is 2. The van der Waals surface area contributed by atoms with Gasteiger partial charge in [0.2, 0.25) is 0 Å². The molecule has 0 saturated heterocycles. The van der Waals surface area contributed by atoms with Crippen molar-refractivity contribution in [2.75, 3.05) is 0 Å². The number of hydrogen-bond acceptors (Lipinski definition) is 5. The Bertz CT molecular complexity index is 945. The van der Waals surface area contributed by atoms with Crippen LogP contribution in [0.4, 0.5) is 0 Å². The monoisotopic (exact) mass is 330 g/mol. The van der Waals surface area contributed by atoms with Gasteiger partial charge in [0.15, 0.2) is 5.16 Å². The standard InChI is InChI=1S/C16H17N3O3S/c1-3-11(15(21)22)23-16-18-12-9-7-5-6-8-10(9)17-13(12)14(20)19(16)4-2/h5-8,11,17H,3-4H2,1-2H3,(H,21,22)/p-1/t11-/m1/s1. The summed E-state index contributed by atoms with van der Waals surface area (Å²) < 4.78 is 1.49. The predicted octanol–water partition coefficient (Wildman–Crippen LogP) is 1.52. The van der Waals surface area contributed by atoms with E-state index in [0.717, 1.165) is 22.7 Å². The number of H-pyrrole nitrogens is 1. The van der Waals surface area contributed by atoms with Crippen LogP contribution in [-0.2, 0) is 11.3 Å². The number of fused-ring (bicyclic) bond motifs is 3. The first-order chi connectivity index (χ1) is 11.1. The number of aliphatic carboxylic acids is 1. The van der Waals surface area contributed by atoms with Gasteiger partial charge in [-0.25, -0.2) is 4.98 Å². The molecule has 0 saturated carbocycles. The van der Waals surface area contributed by atoms with E-state index >= 15 is 0 Å². The number of rotatable bonds is 5. The van der Waals surface area contributed by atoms with Crippen LogP contribution in [0.5, 0.6) is 0 Å². The molecule has 0 spiro atoms. The van der Waals surface area contributed by atoms with E-state index in [1.807, 2.05) is 31.2 Å². The van der Waals surface area contributed by atoms with E-state index in [1.54, 1.807) is 6.92 Å². The molecule has 3 aromatic rings. The van der Waals surface area contributed by atoms with Crippen LogP contribution >= 0.6 is 11.8 Å². The minimum atomic E-state index is -1.14. The average Bonchev–Trinajstić information content (AvgIpc) is 2.91. The van der Waals surface area contributed by atoms with Crippen molar-refractivity contribution in [3.8, 4) is 0 Å². The van der Waals surface area contributed by atoms with Gasteiger partial charge in [0.05, 0.1) is 11.2 Å². The van der Waals surface area contributed by atoms with Crippen molar-refractivity contribution in [3.05, 3.63) is 34.6 Å². The molecule has 120 valence electrons. The third-order valence-electron chi connectivity index (χ3n) is 3.77. The average molecular weight is 330 g/mol. The number of carbonyl (C=O) groups is 1. The van der Waals surface area contributed by atoms with Gasteiger partial charge < -0.3 is 14.9 Å². The lowest BCUT2D eigenvalue weighted by Gasteiger charge is -2.17. The highest BCUT2D eigenvalue weighted by Crippen LogP contribution is 2.27. The fourth-order valence-electron chi connectivity index (χ4n) is 2.57. The Hall–Kier alpha value is -2.28. The summed E-state index contributed by atoms with van der Waals surface area (Å²) in [6.45, 7) is 4.02. The lowest BCUT2D eigenvalue weighted by Crippen LogP contribution is -2.34. The molecule has 2 heterocycles. The molecule has 7 heteroatoms. The minimum absolute atomic E-state index is 0.190. The summed E-state index contributed by atoms with van der Waals surface area (Å²) in [5, 5.41) is 11.7. The SMILES string of the molecule is CC[C@@H](Sc1nc2c([nH]c3ccccc32)c(=O)n1CC)C(=O)[O-]. The third kappa shape index (κ3) is 2.61. The zero-order valence-corrected chi connectivity index (χ0v) is 13.6. The number of carbonyl (C=O) groups excluding carboxylic acids is 1. The van der Waals surface area contributed by atoms with Crippen LogP contribution in [0.15, 0.2) is 34.2 Å². The Morgan fingerprint density at radius 2 is 2.13 bits per heavy atom. The van der Waals surface area contributed by atoms with Crippen molar-refractivity contribution >= 4 is 39.7 Å². The van der Waals surface area contributed by atoms with Gasteiger partial charge in [0.25, 0.3) is 5.56 Å². The highest BCUT2D eigenvalue weighted by Gasteiger charge is 2.18. The molecule has 0 unspecified atom stereocenters. The normalized spacial score (nSPS) is 12.8. The number of thioether (sulfide) groups is 1. The first-order valence-electron chi connectivity index (χ1n) is 7.45. The summed E-state index contributed by atoms with van der Waals surface area (Å²) in [4.78, 5) is 31.6. The summed E-state index contributed by atoms with van der Waals surface area (Å²) in [7, 11) is 0. The number of benzene rings is 1. The Balaban J connectivity index is 2.26. The van der Waals surface area contributed by atoms with Crippen LogP contribution in [-0.4, -0.2) is 25.8 Å². The summed E-state index contributed by atoms with van der Waals surface area (Å²) in [6.07, 6.45) is 0.401. The molecule has 0 amide bonds. The van der Waals surface area contributed by atoms with Crippen molar-refractivity contribution in [2.45, 2.75) is 37.2 Å². The molecule has 0 radical (unpaired) electrons.